The molecule has 0 aromatic heterocycles. The van der Waals surface area contributed by atoms with Gasteiger partial charge < -0.3 is 0 Å². The van der Waals surface area contributed by atoms with Gasteiger partial charge in [-0.25, -0.2) is 0 Å². The highest BCUT2D eigenvalue weighted by atomic mass is 14.5. The van der Waals surface area contributed by atoms with E-state index in [1.807, 2.05) is 0 Å². The molecule has 0 saturated heterocycles. The van der Waals surface area contributed by atoms with Crippen molar-refractivity contribution in [2.75, 3.05) is 0 Å². The highest BCUT2D eigenvalue weighted by molar-refractivity contribution is 4.97. The van der Waals surface area contributed by atoms with Gasteiger partial charge in [0.15, 0.2) is 0 Å². The van der Waals surface area contributed by atoms with Crippen LogP contribution in [0.1, 0.15) is 66.7 Å². The fourth-order valence-corrected chi connectivity index (χ4v) is 4.90. The van der Waals surface area contributed by atoms with Crippen LogP contribution in [-0.4, -0.2) is 0 Å². The summed E-state index contributed by atoms with van der Waals surface area (Å²) in [5.74, 6) is 3.02. The van der Waals surface area contributed by atoms with Crippen LogP contribution in [0.15, 0.2) is 0 Å². The molecular formula is C15H28. The molecule has 0 radical (unpaired) electrons. The van der Waals surface area contributed by atoms with Gasteiger partial charge in [-0.15, -0.1) is 0 Å². The van der Waals surface area contributed by atoms with Gasteiger partial charge in [-0.05, 0) is 54.3 Å². The van der Waals surface area contributed by atoms with Crippen molar-refractivity contribution in [2.24, 2.45) is 28.6 Å². The average Bonchev–Trinajstić information content (AvgIpc) is 1.97. The lowest BCUT2D eigenvalue weighted by Gasteiger charge is -2.54. The zero-order chi connectivity index (χ0) is 11.3. The van der Waals surface area contributed by atoms with Crippen molar-refractivity contribution in [3.63, 3.8) is 0 Å². The lowest BCUT2D eigenvalue weighted by molar-refractivity contribution is -0.0366. The Morgan fingerprint density at radius 1 is 1.00 bits per heavy atom. The van der Waals surface area contributed by atoms with E-state index in [0.29, 0.717) is 10.8 Å². The normalized spacial score (nSPS) is 43.4. The Hall–Kier alpha value is 0. The standard InChI is InChI=1S/C15H28/c1-11-6-7-13-12(8-11)9-14(2,3)10-15(13,4)5/h11-13H,6-10H2,1-5H3/t11-,12?,13?/m0/s1. The molecule has 0 spiro atoms. The maximum absolute atomic E-state index is 2.52. The summed E-state index contributed by atoms with van der Waals surface area (Å²) in [6, 6.07) is 0. The molecule has 0 aromatic rings. The smallest absolute Gasteiger partial charge is 0.0318 e. The molecule has 15 heavy (non-hydrogen) atoms. The topological polar surface area (TPSA) is 0 Å². The van der Waals surface area contributed by atoms with Crippen molar-refractivity contribution in [1.29, 1.82) is 0 Å². The minimum Gasteiger partial charge on any atom is -0.0625 e. The van der Waals surface area contributed by atoms with Gasteiger partial charge in [-0.3, -0.25) is 0 Å². The summed E-state index contributed by atoms with van der Waals surface area (Å²) < 4.78 is 0. The molecule has 2 fully saturated rings. The molecule has 3 atom stereocenters. The molecular weight excluding hydrogens is 180 g/mol. The monoisotopic (exact) mass is 208 g/mol. The molecule has 0 aromatic carbocycles. The van der Waals surface area contributed by atoms with E-state index in [4.69, 9.17) is 0 Å². The average molecular weight is 208 g/mol. The molecule has 2 aliphatic rings. The van der Waals surface area contributed by atoms with Gasteiger partial charge in [-0.1, -0.05) is 41.0 Å². The summed E-state index contributed by atoms with van der Waals surface area (Å²) in [5, 5.41) is 0. The first-order valence-electron chi connectivity index (χ1n) is 6.80. The van der Waals surface area contributed by atoms with Gasteiger partial charge >= 0.3 is 0 Å². The van der Waals surface area contributed by atoms with Crippen molar-refractivity contribution in [3.8, 4) is 0 Å². The Morgan fingerprint density at radius 2 is 1.67 bits per heavy atom. The molecule has 0 aliphatic heterocycles. The SMILES string of the molecule is C[C@H]1CCC2C(C1)CC(C)(C)CC2(C)C. The van der Waals surface area contributed by atoms with E-state index in [-0.39, 0.29) is 0 Å². The number of hydrogen-bond donors (Lipinski definition) is 0. The molecule has 0 N–H and O–H groups in total. The first-order chi connectivity index (χ1) is 6.80. The fourth-order valence-electron chi connectivity index (χ4n) is 4.90. The van der Waals surface area contributed by atoms with Gasteiger partial charge in [-0.2, -0.15) is 0 Å². The van der Waals surface area contributed by atoms with Crippen LogP contribution < -0.4 is 0 Å². The molecule has 2 aliphatic carbocycles. The number of hydrogen-bond acceptors (Lipinski definition) is 0. The maximum Gasteiger partial charge on any atom is -0.0318 e. The first kappa shape index (κ1) is 11.5. The minimum atomic E-state index is 0.585. The highest BCUT2D eigenvalue weighted by Crippen LogP contribution is 2.57. The van der Waals surface area contributed by atoms with E-state index in [9.17, 15) is 0 Å². The Balaban J connectivity index is 2.18. The predicted octanol–water partition coefficient (Wildman–Crippen LogP) is 4.89. The van der Waals surface area contributed by atoms with Gasteiger partial charge in [0.05, 0.1) is 0 Å². The van der Waals surface area contributed by atoms with Crippen molar-refractivity contribution in [1.82, 2.24) is 0 Å². The van der Waals surface area contributed by atoms with Gasteiger partial charge in [0.25, 0.3) is 0 Å². The van der Waals surface area contributed by atoms with E-state index in [1.165, 1.54) is 32.1 Å². The van der Waals surface area contributed by atoms with Crippen LogP contribution in [0.5, 0.6) is 0 Å². The molecule has 0 heteroatoms. The predicted molar refractivity (Wildman–Crippen MR) is 66.8 cm³/mol. The second-order valence-corrected chi connectivity index (χ2v) is 7.82. The van der Waals surface area contributed by atoms with E-state index >= 15 is 0 Å². The third-order valence-corrected chi connectivity index (χ3v) is 5.00. The molecule has 2 saturated carbocycles. The van der Waals surface area contributed by atoms with E-state index < -0.39 is 0 Å². The van der Waals surface area contributed by atoms with Gasteiger partial charge in [0.2, 0.25) is 0 Å². The lowest BCUT2D eigenvalue weighted by atomic mass is 9.51. The summed E-state index contributed by atoms with van der Waals surface area (Å²) in [5.41, 5.74) is 1.17. The lowest BCUT2D eigenvalue weighted by Crippen LogP contribution is -2.44. The van der Waals surface area contributed by atoms with E-state index in [2.05, 4.69) is 34.6 Å². The van der Waals surface area contributed by atoms with Crippen molar-refractivity contribution >= 4 is 0 Å². The summed E-state index contributed by atoms with van der Waals surface area (Å²) >= 11 is 0. The maximum atomic E-state index is 2.52. The molecule has 0 bridgehead atoms. The van der Waals surface area contributed by atoms with Crippen molar-refractivity contribution in [2.45, 2.75) is 66.7 Å². The summed E-state index contributed by atoms with van der Waals surface area (Å²) in [6.07, 6.45) is 7.37. The van der Waals surface area contributed by atoms with E-state index in [1.54, 1.807) is 0 Å². The quantitative estimate of drug-likeness (QED) is 0.532. The van der Waals surface area contributed by atoms with Crippen LogP contribution in [0.25, 0.3) is 0 Å². The van der Waals surface area contributed by atoms with Crippen LogP contribution in [0.2, 0.25) is 0 Å². The first-order valence-corrected chi connectivity index (χ1v) is 6.80. The van der Waals surface area contributed by atoms with Crippen LogP contribution >= 0.6 is 0 Å². The summed E-state index contributed by atoms with van der Waals surface area (Å²) in [6.45, 7) is 12.4. The third-order valence-electron chi connectivity index (χ3n) is 5.00. The van der Waals surface area contributed by atoms with Gasteiger partial charge in [0.1, 0.15) is 0 Å². The molecule has 0 amide bonds. The molecule has 0 heterocycles. The molecule has 2 unspecified atom stereocenters. The number of fused-ring (bicyclic) bond motifs is 1. The van der Waals surface area contributed by atoms with Crippen molar-refractivity contribution in [3.05, 3.63) is 0 Å². The third kappa shape index (κ3) is 2.24. The van der Waals surface area contributed by atoms with Crippen molar-refractivity contribution < 1.29 is 0 Å². The number of rotatable bonds is 0. The Bertz CT molecular complexity index is 236. The molecule has 0 nitrogen and oxygen atoms in total. The fraction of sp³-hybridized carbons (Fsp3) is 1.00. The highest BCUT2D eigenvalue weighted by Gasteiger charge is 2.47. The molecule has 88 valence electrons. The van der Waals surface area contributed by atoms with Gasteiger partial charge in [0, 0.05) is 0 Å². The van der Waals surface area contributed by atoms with Crippen LogP contribution in [0.4, 0.5) is 0 Å². The summed E-state index contributed by atoms with van der Waals surface area (Å²) in [7, 11) is 0. The Kier molecular flexibility index (Phi) is 2.68. The summed E-state index contributed by atoms with van der Waals surface area (Å²) in [4.78, 5) is 0. The zero-order valence-corrected chi connectivity index (χ0v) is 11.3. The zero-order valence-electron chi connectivity index (χ0n) is 11.3. The Labute approximate surface area is 95.8 Å². The largest absolute Gasteiger partial charge is 0.0625 e. The van der Waals surface area contributed by atoms with Crippen LogP contribution in [0, 0.1) is 28.6 Å². The minimum absolute atomic E-state index is 0.585. The van der Waals surface area contributed by atoms with E-state index in [0.717, 1.165) is 17.8 Å². The second-order valence-electron chi connectivity index (χ2n) is 7.82. The Morgan fingerprint density at radius 3 is 2.33 bits per heavy atom. The van der Waals surface area contributed by atoms with Crippen LogP contribution in [-0.2, 0) is 0 Å². The van der Waals surface area contributed by atoms with Crippen LogP contribution in [0.3, 0.4) is 0 Å². The second kappa shape index (κ2) is 3.50. The molecule has 2 rings (SSSR count).